The molecular formula is C18H18N4O4. The van der Waals surface area contributed by atoms with Crippen LogP contribution < -0.4 is 0 Å². The van der Waals surface area contributed by atoms with Gasteiger partial charge in [-0.1, -0.05) is 6.07 Å². The lowest BCUT2D eigenvalue weighted by Crippen LogP contribution is -2.11. The van der Waals surface area contributed by atoms with Crippen molar-refractivity contribution >= 4 is 0 Å². The third-order valence-electron chi connectivity index (χ3n) is 3.55. The van der Waals surface area contributed by atoms with E-state index in [1.165, 1.54) is 12.1 Å². The minimum absolute atomic E-state index is 0.0285. The lowest BCUT2D eigenvalue weighted by atomic mass is 9.91. The molecule has 0 saturated heterocycles. The van der Waals surface area contributed by atoms with Crippen LogP contribution in [0.4, 0.5) is 0 Å². The summed E-state index contributed by atoms with van der Waals surface area (Å²) in [5, 5.41) is 56.2. The van der Waals surface area contributed by atoms with E-state index >= 15 is 0 Å². The maximum atomic E-state index is 10.5. The lowest BCUT2D eigenvalue weighted by molar-refractivity contribution is 0.132. The minimum atomic E-state index is -0.965. The molecule has 2 atom stereocenters. The van der Waals surface area contributed by atoms with Crippen LogP contribution in [0.2, 0.25) is 0 Å². The summed E-state index contributed by atoms with van der Waals surface area (Å²) in [6, 6.07) is 10.5. The number of benzene rings is 1. The van der Waals surface area contributed by atoms with Crippen LogP contribution in [0, 0.1) is 45.3 Å². The molecule has 1 aromatic rings. The number of hydrogen-bond acceptors (Lipinski definition) is 8. The standard InChI is InChI=1S/C18H18N4O4/c19-5-1-7-25-11-13(9-21)15-3-4-16(23)17(18(15)24)14(10-22)12-26-8-2-6-20/h3-4,13-14,23-24H,1-2,7-8,11-12H2. The second-order valence-electron chi connectivity index (χ2n) is 5.27. The normalized spacial score (nSPS) is 12.2. The van der Waals surface area contributed by atoms with Crippen LogP contribution in [0.1, 0.15) is 35.8 Å². The number of phenols is 2. The Kier molecular flexibility index (Phi) is 9.01. The fourth-order valence-electron chi connectivity index (χ4n) is 2.26. The first-order valence-electron chi connectivity index (χ1n) is 7.84. The number of hydrogen-bond donors (Lipinski definition) is 2. The van der Waals surface area contributed by atoms with Gasteiger partial charge in [-0.15, -0.1) is 0 Å². The first-order chi connectivity index (χ1) is 12.6. The molecule has 0 saturated carbocycles. The lowest BCUT2D eigenvalue weighted by Gasteiger charge is -2.18. The van der Waals surface area contributed by atoms with Gasteiger partial charge in [-0.05, 0) is 6.07 Å². The van der Waals surface area contributed by atoms with E-state index in [0.29, 0.717) is 0 Å². The number of nitriles is 4. The summed E-state index contributed by atoms with van der Waals surface area (Å²) >= 11 is 0. The van der Waals surface area contributed by atoms with Gasteiger partial charge in [0.15, 0.2) is 0 Å². The number of aromatic hydroxyl groups is 2. The number of phenolic OH excluding ortho intramolecular Hbond substituents is 2. The summed E-state index contributed by atoms with van der Waals surface area (Å²) in [7, 11) is 0. The zero-order valence-corrected chi connectivity index (χ0v) is 14.1. The fourth-order valence-corrected chi connectivity index (χ4v) is 2.26. The molecule has 8 heteroatoms. The first-order valence-corrected chi connectivity index (χ1v) is 7.84. The predicted octanol–water partition coefficient (Wildman–Crippen LogP) is 2.17. The number of nitrogens with zero attached hydrogens (tertiary/aromatic N) is 4. The van der Waals surface area contributed by atoms with Crippen molar-refractivity contribution in [2.45, 2.75) is 24.7 Å². The average Bonchev–Trinajstić information content (AvgIpc) is 2.64. The molecule has 134 valence electrons. The molecule has 0 heterocycles. The highest BCUT2D eigenvalue weighted by atomic mass is 16.5. The van der Waals surface area contributed by atoms with Crippen molar-refractivity contribution in [2.24, 2.45) is 0 Å². The Balaban J connectivity index is 3.02. The van der Waals surface area contributed by atoms with Crippen molar-refractivity contribution in [2.75, 3.05) is 26.4 Å². The van der Waals surface area contributed by atoms with Crippen molar-refractivity contribution in [1.82, 2.24) is 0 Å². The van der Waals surface area contributed by atoms with Crippen molar-refractivity contribution < 1.29 is 19.7 Å². The summed E-state index contributed by atoms with van der Waals surface area (Å²) in [6.45, 7) is 0.141. The van der Waals surface area contributed by atoms with Crippen molar-refractivity contribution in [3.8, 4) is 35.8 Å². The molecule has 0 spiro atoms. The van der Waals surface area contributed by atoms with Gasteiger partial charge in [0.2, 0.25) is 0 Å². The summed E-state index contributed by atoms with van der Waals surface area (Å²) in [6.07, 6.45) is 0.341. The van der Waals surface area contributed by atoms with Crippen molar-refractivity contribution in [1.29, 1.82) is 21.0 Å². The molecule has 8 nitrogen and oxygen atoms in total. The van der Waals surface area contributed by atoms with Crippen LogP contribution in [0.15, 0.2) is 12.1 Å². The van der Waals surface area contributed by atoms with Gasteiger partial charge in [0.05, 0.1) is 75.0 Å². The van der Waals surface area contributed by atoms with Gasteiger partial charge < -0.3 is 19.7 Å². The van der Waals surface area contributed by atoms with Gasteiger partial charge in [-0.2, -0.15) is 21.0 Å². The van der Waals surface area contributed by atoms with E-state index in [1.54, 1.807) is 0 Å². The van der Waals surface area contributed by atoms with Gasteiger partial charge in [0.25, 0.3) is 0 Å². The molecule has 2 N–H and O–H groups in total. The molecule has 0 aromatic heterocycles. The molecule has 1 aromatic carbocycles. The van der Waals surface area contributed by atoms with E-state index in [-0.39, 0.29) is 61.9 Å². The summed E-state index contributed by atoms with van der Waals surface area (Å²) in [4.78, 5) is 0. The Bertz CT molecular complexity index is 768. The third kappa shape index (κ3) is 5.65. The molecule has 0 bridgehead atoms. The third-order valence-corrected chi connectivity index (χ3v) is 3.55. The first kappa shape index (κ1) is 20.7. The Morgan fingerprint density at radius 1 is 0.846 bits per heavy atom. The molecule has 2 unspecified atom stereocenters. The Labute approximate surface area is 151 Å². The van der Waals surface area contributed by atoms with Gasteiger partial charge >= 0.3 is 0 Å². The SMILES string of the molecule is N#CCCOCC(C#N)c1ccc(O)c(C(C#N)COCCC#N)c1O. The van der Waals surface area contributed by atoms with Gasteiger partial charge in [0.1, 0.15) is 17.4 Å². The van der Waals surface area contributed by atoms with Gasteiger partial charge in [-0.25, -0.2) is 0 Å². The van der Waals surface area contributed by atoms with Crippen LogP contribution in [0.5, 0.6) is 11.5 Å². The van der Waals surface area contributed by atoms with Crippen LogP contribution >= 0.6 is 0 Å². The van der Waals surface area contributed by atoms with Gasteiger partial charge in [-0.3, -0.25) is 0 Å². The topological polar surface area (TPSA) is 154 Å². The average molecular weight is 354 g/mol. The number of rotatable bonds is 10. The zero-order valence-electron chi connectivity index (χ0n) is 14.1. The second-order valence-corrected chi connectivity index (χ2v) is 5.27. The minimum Gasteiger partial charge on any atom is -0.507 e. The molecule has 0 radical (unpaired) electrons. The van der Waals surface area contributed by atoms with Crippen LogP contribution in [0.25, 0.3) is 0 Å². The van der Waals surface area contributed by atoms with E-state index in [4.69, 9.17) is 20.0 Å². The van der Waals surface area contributed by atoms with E-state index in [0.717, 1.165) is 0 Å². The summed E-state index contributed by atoms with van der Waals surface area (Å²) in [5.74, 6) is -2.45. The molecule has 0 amide bonds. The summed E-state index contributed by atoms with van der Waals surface area (Å²) < 4.78 is 10.5. The van der Waals surface area contributed by atoms with Crippen LogP contribution in [-0.2, 0) is 9.47 Å². The maximum absolute atomic E-state index is 10.5. The van der Waals surface area contributed by atoms with E-state index in [9.17, 15) is 20.7 Å². The highest BCUT2D eigenvalue weighted by molar-refractivity contribution is 5.54. The zero-order chi connectivity index (χ0) is 19.4. The van der Waals surface area contributed by atoms with Crippen molar-refractivity contribution in [3.05, 3.63) is 23.3 Å². The van der Waals surface area contributed by atoms with Crippen LogP contribution in [-0.4, -0.2) is 36.6 Å². The highest BCUT2D eigenvalue weighted by Gasteiger charge is 2.25. The Hall–Kier alpha value is -3.30. The van der Waals surface area contributed by atoms with E-state index < -0.39 is 11.8 Å². The summed E-state index contributed by atoms with van der Waals surface area (Å²) in [5.41, 5.74) is 0.189. The molecule has 0 aliphatic rings. The highest BCUT2D eigenvalue weighted by Crippen LogP contribution is 2.39. The molecule has 26 heavy (non-hydrogen) atoms. The molecular weight excluding hydrogens is 336 g/mol. The Morgan fingerprint density at radius 3 is 1.88 bits per heavy atom. The molecule has 1 rings (SSSR count). The number of ether oxygens (including phenoxy) is 2. The quantitative estimate of drug-likeness (QED) is 0.606. The van der Waals surface area contributed by atoms with E-state index in [2.05, 4.69) is 0 Å². The monoisotopic (exact) mass is 354 g/mol. The molecule has 0 aliphatic carbocycles. The Morgan fingerprint density at radius 2 is 1.38 bits per heavy atom. The maximum Gasteiger partial charge on any atom is 0.128 e. The van der Waals surface area contributed by atoms with Crippen LogP contribution in [0.3, 0.4) is 0 Å². The van der Waals surface area contributed by atoms with E-state index in [1.807, 2.05) is 24.3 Å². The smallest absolute Gasteiger partial charge is 0.128 e. The molecule has 0 aliphatic heterocycles. The molecule has 0 fully saturated rings. The predicted molar refractivity (Wildman–Crippen MR) is 88.6 cm³/mol. The largest absolute Gasteiger partial charge is 0.507 e. The second kappa shape index (κ2) is 11.3. The van der Waals surface area contributed by atoms with Gasteiger partial charge in [0, 0.05) is 5.56 Å². The van der Waals surface area contributed by atoms with Crippen molar-refractivity contribution in [3.63, 3.8) is 0 Å². The fraction of sp³-hybridized carbons (Fsp3) is 0.444.